The molecule has 0 saturated heterocycles. The van der Waals surface area contributed by atoms with E-state index in [0.717, 1.165) is 11.0 Å². The summed E-state index contributed by atoms with van der Waals surface area (Å²) in [5, 5.41) is 5.13. The van der Waals surface area contributed by atoms with Crippen LogP contribution in [-0.4, -0.2) is 22.4 Å². The van der Waals surface area contributed by atoms with Crippen molar-refractivity contribution in [3.63, 3.8) is 0 Å². The molecule has 3 aromatic carbocycles. The number of aromatic nitrogens is 3. The zero-order valence-electron chi connectivity index (χ0n) is 23.1. The van der Waals surface area contributed by atoms with Crippen LogP contribution in [0, 0.1) is 24.8 Å². The molecule has 0 atom stereocenters. The number of aryl methyl sites for hydroxylation is 1. The number of pyridine rings is 2. The van der Waals surface area contributed by atoms with Gasteiger partial charge in [0.15, 0.2) is 0 Å². The van der Waals surface area contributed by atoms with E-state index < -0.39 is 14.9 Å². The van der Waals surface area contributed by atoms with E-state index in [4.69, 9.17) is 4.11 Å². The Labute approximate surface area is 229 Å². The molecule has 0 unspecified atom stereocenters. The molecular weight excluding hydrogens is 642 g/mol. The number of imidazole rings is 1. The molecule has 0 aliphatic carbocycles. The van der Waals surface area contributed by atoms with Gasteiger partial charge in [0.05, 0.1) is 13.7 Å². The number of halogens is 1. The molecule has 0 aliphatic heterocycles. The molecule has 1 radical (unpaired) electrons. The second-order valence-electron chi connectivity index (χ2n) is 9.39. The summed E-state index contributed by atoms with van der Waals surface area (Å²) in [7, 11) is -1.32. The van der Waals surface area contributed by atoms with E-state index in [9.17, 15) is 4.39 Å². The third-order valence-electron chi connectivity index (χ3n) is 5.93. The van der Waals surface area contributed by atoms with Gasteiger partial charge in [0.25, 0.3) is 0 Å². The van der Waals surface area contributed by atoms with Gasteiger partial charge in [-0.05, 0) is 30.1 Å². The zero-order valence-corrected chi connectivity index (χ0v) is 23.5. The standard InChI is InChI=1S/C18H17N2Si.C12H9FN.Ir/c1-21(2,3)13-8-9-17-16(12-13)14-6-4-5-7-15(14)18-19-10-11-20(17)18;1-9-3-2-4-12(14-9)10-5-7-11(13)8-6-10;/h4-6,8-12H,1-3H3;2-5,7-8H,1H3;/q2*-1;/i;1D3;. The molecule has 183 valence electrons. The molecule has 6 rings (SSSR count). The number of fused-ring (bicyclic) bond motifs is 6. The van der Waals surface area contributed by atoms with E-state index in [-0.39, 0.29) is 31.6 Å². The maximum absolute atomic E-state index is 12.7. The molecule has 0 bridgehead atoms. The number of rotatable bonds is 2. The molecule has 3 heterocycles. The van der Waals surface area contributed by atoms with Gasteiger partial charge < -0.3 is 9.38 Å². The van der Waals surface area contributed by atoms with E-state index in [1.165, 1.54) is 45.7 Å². The Morgan fingerprint density at radius 1 is 0.972 bits per heavy atom. The number of nitrogens with zero attached hydrogens (tertiary/aromatic N) is 3. The summed E-state index contributed by atoms with van der Waals surface area (Å²) >= 11 is 0. The molecule has 0 saturated carbocycles. The predicted octanol–water partition coefficient (Wildman–Crippen LogP) is 6.98. The van der Waals surface area contributed by atoms with Gasteiger partial charge in [-0.3, -0.25) is 9.37 Å². The summed E-state index contributed by atoms with van der Waals surface area (Å²) in [6.07, 6.45) is 3.90. The maximum Gasteiger partial charge on any atom is 0.0775 e. The van der Waals surface area contributed by atoms with Gasteiger partial charge in [0, 0.05) is 53.6 Å². The zero-order chi connectivity index (χ0) is 27.1. The van der Waals surface area contributed by atoms with E-state index >= 15 is 0 Å². The normalized spacial score (nSPS) is 12.8. The van der Waals surface area contributed by atoms with Crippen LogP contribution in [0.3, 0.4) is 0 Å². The van der Waals surface area contributed by atoms with E-state index in [0.29, 0.717) is 11.3 Å². The van der Waals surface area contributed by atoms with Crippen LogP contribution in [0.15, 0.2) is 85.2 Å². The van der Waals surface area contributed by atoms with Crippen molar-refractivity contribution in [2.45, 2.75) is 26.5 Å². The second-order valence-corrected chi connectivity index (χ2v) is 14.5. The van der Waals surface area contributed by atoms with Crippen LogP contribution in [0.5, 0.6) is 0 Å². The Morgan fingerprint density at radius 2 is 1.83 bits per heavy atom. The van der Waals surface area contributed by atoms with E-state index in [1.807, 2.05) is 18.5 Å². The number of benzene rings is 3. The summed E-state index contributed by atoms with van der Waals surface area (Å²) in [5.41, 5.74) is 3.26. The number of hydrogen-bond acceptors (Lipinski definition) is 2. The Bertz CT molecular complexity index is 1760. The molecule has 0 N–H and O–H groups in total. The first-order valence-electron chi connectivity index (χ1n) is 12.9. The van der Waals surface area contributed by atoms with Gasteiger partial charge in [0.1, 0.15) is 0 Å². The van der Waals surface area contributed by atoms with Crippen LogP contribution in [0.1, 0.15) is 9.81 Å². The van der Waals surface area contributed by atoms with Crippen molar-refractivity contribution >= 4 is 40.6 Å². The molecular formula is C30H26FIrN3Si-2. The molecule has 6 aromatic rings. The van der Waals surface area contributed by atoms with Crippen LogP contribution < -0.4 is 5.19 Å². The Hall–Kier alpha value is -3.18. The second kappa shape index (κ2) is 10.4. The minimum atomic E-state index is -2.24. The summed E-state index contributed by atoms with van der Waals surface area (Å²) < 4.78 is 36.7. The fraction of sp³-hybridized carbons (Fsp3) is 0.133. The molecule has 6 heteroatoms. The summed E-state index contributed by atoms with van der Waals surface area (Å²) in [6.45, 7) is 4.92. The van der Waals surface area contributed by atoms with E-state index in [2.05, 4.69) is 76.5 Å². The van der Waals surface area contributed by atoms with Gasteiger partial charge in [-0.25, -0.2) is 0 Å². The van der Waals surface area contributed by atoms with Gasteiger partial charge in [-0.2, -0.15) is 0 Å². The van der Waals surface area contributed by atoms with Crippen molar-refractivity contribution in [2.75, 3.05) is 0 Å². The molecule has 3 nitrogen and oxygen atoms in total. The third kappa shape index (κ3) is 5.17. The van der Waals surface area contributed by atoms with Crippen molar-refractivity contribution < 1.29 is 28.6 Å². The SMILES string of the molecule is C[Si](C)(C)c1ccc2c(c1)c1ccc[c-]c1c1nccn21.[2H]C([2H])([2H])c1cccc(-c2[c-]cc(F)cc2)n1.[Ir]. The molecule has 0 fully saturated rings. The Morgan fingerprint density at radius 3 is 2.58 bits per heavy atom. The molecule has 0 amide bonds. The van der Waals surface area contributed by atoms with Crippen LogP contribution in [-0.2, 0) is 20.1 Å². The minimum absolute atomic E-state index is 0. The monoisotopic (exact) mass is 671 g/mol. The van der Waals surface area contributed by atoms with Crippen molar-refractivity contribution in [2.24, 2.45) is 0 Å². The maximum atomic E-state index is 12.7. The van der Waals surface area contributed by atoms with Crippen molar-refractivity contribution in [3.8, 4) is 11.3 Å². The van der Waals surface area contributed by atoms with Crippen LogP contribution in [0.25, 0.3) is 38.6 Å². The van der Waals surface area contributed by atoms with Gasteiger partial charge in [-0.1, -0.05) is 54.5 Å². The van der Waals surface area contributed by atoms with Crippen molar-refractivity contribution in [1.82, 2.24) is 14.4 Å². The fourth-order valence-electron chi connectivity index (χ4n) is 4.11. The van der Waals surface area contributed by atoms with Gasteiger partial charge >= 0.3 is 0 Å². The fourth-order valence-corrected chi connectivity index (χ4v) is 5.27. The molecule has 3 aromatic heterocycles. The minimum Gasteiger partial charge on any atom is -0.340 e. The molecule has 0 aliphatic rings. The van der Waals surface area contributed by atoms with Gasteiger partial charge in [0.2, 0.25) is 0 Å². The topological polar surface area (TPSA) is 30.2 Å². The average Bonchev–Trinajstić information content (AvgIpc) is 3.39. The smallest absolute Gasteiger partial charge is 0.0775 e. The predicted molar refractivity (Wildman–Crippen MR) is 145 cm³/mol. The molecule has 0 spiro atoms. The Balaban J connectivity index is 0.000000181. The quantitative estimate of drug-likeness (QED) is 0.113. The number of hydrogen-bond donors (Lipinski definition) is 0. The first-order chi connectivity index (χ1) is 18.0. The van der Waals surface area contributed by atoms with Crippen LogP contribution in [0.2, 0.25) is 19.6 Å². The first kappa shape index (κ1) is 22.0. The first-order valence-corrected chi connectivity index (χ1v) is 14.9. The van der Waals surface area contributed by atoms with Crippen molar-refractivity contribution in [1.29, 1.82) is 0 Å². The summed E-state index contributed by atoms with van der Waals surface area (Å²) in [4.78, 5) is 8.54. The Kier molecular flexibility index (Phi) is 6.39. The van der Waals surface area contributed by atoms with Gasteiger partial charge in [-0.15, -0.1) is 59.5 Å². The average molecular weight is 671 g/mol. The summed E-state index contributed by atoms with van der Waals surface area (Å²) in [6, 6.07) is 27.9. The third-order valence-corrected chi connectivity index (χ3v) is 7.98. The van der Waals surface area contributed by atoms with E-state index in [1.54, 1.807) is 12.1 Å². The van der Waals surface area contributed by atoms with Crippen LogP contribution in [0.4, 0.5) is 4.39 Å². The largest absolute Gasteiger partial charge is 0.340 e. The van der Waals surface area contributed by atoms with Crippen molar-refractivity contribution in [3.05, 3.63) is 109 Å². The van der Waals surface area contributed by atoms with Crippen LogP contribution >= 0.6 is 0 Å². The molecule has 36 heavy (non-hydrogen) atoms. The summed E-state index contributed by atoms with van der Waals surface area (Å²) in [5.74, 6) is -0.388.